The van der Waals surface area contributed by atoms with Crippen LogP contribution in [-0.4, -0.2) is 44.9 Å². The summed E-state index contributed by atoms with van der Waals surface area (Å²) in [6.45, 7) is 7.33. The zero-order chi connectivity index (χ0) is 20.5. The molecule has 3 aromatic rings. The molecule has 1 saturated heterocycles. The lowest BCUT2D eigenvalue weighted by atomic mass is 10.2. The maximum Gasteiger partial charge on any atom is 0.337 e. The molecule has 29 heavy (non-hydrogen) atoms. The van der Waals surface area contributed by atoms with Gasteiger partial charge in [0.05, 0.1) is 12.2 Å². The molecular formula is C21H24N6O2. The SMILES string of the molecule is CC#CCn1c(N2CCNCC2)nc2c1c(=O)n(C)c(=O)n2-c1ccc(C)cc1. The van der Waals surface area contributed by atoms with Gasteiger partial charge in [-0.1, -0.05) is 23.6 Å². The predicted octanol–water partition coefficient (Wildman–Crippen LogP) is 0.627. The van der Waals surface area contributed by atoms with Crippen LogP contribution >= 0.6 is 0 Å². The van der Waals surface area contributed by atoms with Crippen molar-refractivity contribution >= 4 is 17.1 Å². The first kappa shape index (κ1) is 19.0. The van der Waals surface area contributed by atoms with Gasteiger partial charge in [0.25, 0.3) is 5.56 Å². The van der Waals surface area contributed by atoms with E-state index >= 15 is 0 Å². The number of hydrogen-bond donors (Lipinski definition) is 1. The molecule has 4 rings (SSSR count). The highest BCUT2D eigenvalue weighted by Crippen LogP contribution is 2.22. The van der Waals surface area contributed by atoms with Crippen molar-refractivity contribution in [2.24, 2.45) is 7.05 Å². The van der Waals surface area contributed by atoms with E-state index in [4.69, 9.17) is 4.98 Å². The molecule has 1 aromatic carbocycles. The number of rotatable bonds is 3. The minimum atomic E-state index is -0.413. The van der Waals surface area contributed by atoms with Gasteiger partial charge in [-0.05, 0) is 26.0 Å². The number of aromatic nitrogens is 4. The molecule has 0 radical (unpaired) electrons. The molecule has 0 amide bonds. The second-order valence-electron chi connectivity index (χ2n) is 7.15. The second kappa shape index (κ2) is 7.60. The molecule has 0 saturated carbocycles. The third kappa shape index (κ3) is 3.23. The topological polar surface area (TPSA) is 77.1 Å². The summed E-state index contributed by atoms with van der Waals surface area (Å²) in [5.74, 6) is 6.61. The minimum Gasteiger partial charge on any atom is -0.340 e. The van der Waals surface area contributed by atoms with Crippen molar-refractivity contribution < 1.29 is 0 Å². The monoisotopic (exact) mass is 392 g/mol. The fourth-order valence-corrected chi connectivity index (χ4v) is 3.62. The zero-order valence-corrected chi connectivity index (χ0v) is 16.9. The largest absolute Gasteiger partial charge is 0.340 e. The van der Waals surface area contributed by atoms with Crippen molar-refractivity contribution in [3.63, 3.8) is 0 Å². The molecule has 3 heterocycles. The molecule has 0 bridgehead atoms. The van der Waals surface area contributed by atoms with E-state index in [-0.39, 0.29) is 5.56 Å². The highest BCUT2D eigenvalue weighted by molar-refractivity contribution is 5.76. The van der Waals surface area contributed by atoms with Gasteiger partial charge in [-0.25, -0.2) is 9.36 Å². The van der Waals surface area contributed by atoms with Crippen LogP contribution in [0, 0.1) is 18.8 Å². The molecule has 1 N–H and O–H groups in total. The smallest absolute Gasteiger partial charge is 0.337 e. The van der Waals surface area contributed by atoms with Crippen molar-refractivity contribution in [3.8, 4) is 17.5 Å². The molecule has 8 heteroatoms. The lowest BCUT2D eigenvalue weighted by Crippen LogP contribution is -2.44. The van der Waals surface area contributed by atoms with Gasteiger partial charge in [0.2, 0.25) is 5.95 Å². The molecule has 1 aliphatic heterocycles. The number of hydrogen-bond acceptors (Lipinski definition) is 5. The van der Waals surface area contributed by atoms with Gasteiger partial charge in [-0.2, -0.15) is 4.98 Å². The Balaban J connectivity index is 2.07. The second-order valence-corrected chi connectivity index (χ2v) is 7.15. The molecule has 2 aromatic heterocycles. The van der Waals surface area contributed by atoms with E-state index in [9.17, 15) is 9.59 Å². The van der Waals surface area contributed by atoms with Crippen LogP contribution in [0.25, 0.3) is 16.9 Å². The molecule has 8 nitrogen and oxygen atoms in total. The summed E-state index contributed by atoms with van der Waals surface area (Å²) in [4.78, 5) is 33.0. The van der Waals surface area contributed by atoms with Gasteiger partial charge >= 0.3 is 5.69 Å². The van der Waals surface area contributed by atoms with E-state index < -0.39 is 5.69 Å². The molecule has 0 aliphatic carbocycles. The maximum atomic E-state index is 13.1. The molecule has 0 spiro atoms. The van der Waals surface area contributed by atoms with Crippen LogP contribution in [0.1, 0.15) is 12.5 Å². The summed E-state index contributed by atoms with van der Waals surface area (Å²) in [5, 5.41) is 3.33. The van der Waals surface area contributed by atoms with Gasteiger partial charge in [-0.3, -0.25) is 13.9 Å². The van der Waals surface area contributed by atoms with Crippen LogP contribution in [0.3, 0.4) is 0 Å². The van der Waals surface area contributed by atoms with Crippen molar-refractivity contribution in [2.75, 3.05) is 31.1 Å². The number of nitrogens with zero attached hydrogens (tertiary/aromatic N) is 5. The van der Waals surface area contributed by atoms with Gasteiger partial charge in [0.15, 0.2) is 11.2 Å². The first-order chi connectivity index (χ1) is 14.0. The van der Waals surface area contributed by atoms with Crippen molar-refractivity contribution in [1.82, 2.24) is 24.0 Å². The summed E-state index contributed by atoms with van der Waals surface area (Å²) in [7, 11) is 1.50. The Bertz CT molecular complexity index is 1230. The molecule has 150 valence electrons. The summed E-state index contributed by atoms with van der Waals surface area (Å²) >= 11 is 0. The number of piperazine rings is 1. The fraction of sp³-hybridized carbons (Fsp3) is 0.381. The first-order valence-electron chi connectivity index (χ1n) is 9.67. The third-order valence-electron chi connectivity index (χ3n) is 5.23. The van der Waals surface area contributed by atoms with E-state index in [1.54, 1.807) is 6.92 Å². The highest BCUT2D eigenvalue weighted by Gasteiger charge is 2.24. The van der Waals surface area contributed by atoms with Crippen LogP contribution in [0.4, 0.5) is 5.95 Å². The summed E-state index contributed by atoms with van der Waals surface area (Å²) in [6.07, 6.45) is 0. The normalized spacial score (nSPS) is 14.1. The maximum absolute atomic E-state index is 13.1. The van der Waals surface area contributed by atoms with E-state index in [2.05, 4.69) is 22.1 Å². The van der Waals surface area contributed by atoms with Gasteiger partial charge < -0.3 is 10.2 Å². The Hall–Kier alpha value is -3.31. The Morgan fingerprint density at radius 3 is 2.48 bits per heavy atom. The quantitative estimate of drug-likeness (QED) is 0.662. The zero-order valence-electron chi connectivity index (χ0n) is 16.9. The fourth-order valence-electron chi connectivity index (χ4n) is 3.62. The van der Waals surface area contributed by atoms with E-state index in [0.29, 0.717) is 29.3 Å². The Morgan fingerprint density at radius 2 is 1.83 bits per heavy atom. The number of nitrogens with one attached hydrogen (secondary N) is 1. The summed E-state index contributed by atoms with van der Waals surface area (Å²) in [6, 6.07) is 7.62. The third-order valence-corrected chi connectivity index (χ3v) is 5.23. The Morgan fingerprint density at radius 1 is 1.14 bits per heavy atom. The summed E-state index contributed by atoms with van der Waals surface area (Å²) in [5.41, 5.74) is 1.76. The number of aryl methyl sites for hydroxylation is 1. The van der Waals surface area contributed by atoms with Crippen molar-refractivity contribution in [3.05, 3.63) is 50.7 Å². The minimum absolute atomic E-state index is 0.341. The lowest BCUT2D eigenvalue weighted by molar-refractivity contribution is 0.573. The lowest BCUT2D eigenvalue weighted by Gasteiger charge is -2.28. The molecule has 1 aliphatic rings. The van der Waals surface area contributed by atoms with Crippen molar-refractivity contribution in [1.29, 1.82) is 0 Å². The van der Waals surface area contributed by atoms with E-state index in [1.165, 1.54) is 11.6 Å². The van der Waals surface area contributed by atoms with Gasteiger partial charge in [0.1, 0.15) is 0 Å². The van der Waals surface area contributed by atoms with E-state index in [0.717, 1.165) is 36.3 Å². The first-order valence-corrected chi connectivity index (χ1v) is 9.67. The molecule has 1 fully saturated rings. The van der Waals surface area contributed by atoms with E-state index in [1.807, 2.05) is 35.8 Å². The molecule has 0 atom stereocenters. The average Bonchev–Trinajstić information content (AvgIpc) is 3.11. The van der Waals surface area contributed by atoms with Crippen LogP contribution in [0.15, 0.2) is 33.9 Å². The van der Waals surface area contributed by atoms with Crippen LogP contribution in [-0.2, 0) is 13.6 Å². The highest BCUT2D eigenvalue weighted by atomic mass is 16.2. The van der Waals surface area contributed by atoms with Gasteiger partial charge in [0, 0.05) is 33.2 Å². The van der Waals surface area contributed by atoms with Gasteiger partial charge in [-0.15, -0.1) is 5.92 Å². The number of anilines is 1. The van der Waals surface area contributed by atoms with Crippen LogP contribution < -0.4 is 21.5 Å². The summed E-state index contributed by atoms with van der Waals surface area (Å²) < 4.78 is 4.49. The Kier molecular flexibility index (Phi) is 4.99. The van der Waals surface area contributed by atoms with Crippen molar-refractivity contribution in [2.45, 2.75) is 20.4 Å². The number of fused-ring (bicyclic) bond motifs is 1. The Labute approximate surface area is 168 Å². The van der Waals surface area contributed by atoms with Crippen LogP contribution in [0.5, 0.6) is 0 Å². The predicted molar refractivity (Wildman–Crippen MR) is 114 cm³/mol. The molecule has 0 unspecified atom stereocenters. The standard InChI is InChI=1S/C21H24N6O2/c1-4-5-12-26-17-18(23-20(26)25-13-10-22-11-14-25)27(21(29)24(3)19(17)28)16-8-6-15(2)7-9-16/h6-9,22H,10-14H2,1-3H3. The molecular weight excluding hydrogens is 368 g/mol. The average molecular weight is 392 g/mol. The van der Waals surface area contributed by atoms with Crippen LogP contribution in [0.2, 0.25) is 0 Å². The number of imidazole rings is 1. The number of benzene rings is 1.